The second-order valence-electron chi connectivity index (χ2n) is 5.54. The second kappa shape index (κ2) is 5.67. The van der Waals surface area contributed by atoms with Gasteiger partial charge in [-0.05, 0) is 37.5 Å². The Bertz CT molecular complexity index is 336. The highest BCUT2D eigenvalue weighted by Crippen LogP contribution is 2.27. The third kappa shape index (κ3) is 3.93. The molecule has 0 aliphatic heterocycles. The minimum absolute atomic E-state index is 0.119. The molecule has 0 heterocycles. The van der Waals surface area contributed by atoms with Gasteiger partial charge in [-0.1, -0.05) is 19.3 Å². The molecule has 2 atom stereocenters. The normalized spacial score (nSPS) is 31.1. The van der Waals surface area contributed by atoms with Crippen molar-refractivity contribution in [3.8, 4) is 0 Å². The van der Waals surface area contributed by atoms with Crippen LogP contribution in [-0.2, 0) is 10.0 Å². The summed E-state index contributed by atoms with van der Waals surface area (Å²) in [6, 6.07) is 0. The van der Waals surface area contributed by atoms with E-state index in [1.807, 2.05) is 0 Å². The second-order valence-corrected chi connectivity index (χ2v) is 7.39. The van der Waals surface area contributed by atoms with Gasteiger partial charge in [0.05, 0.1) is 11.9 Å². The fourth-order valence-electron chi connectivity index (χ4n) is 3.04. The first-order valence-corrected chi connectivity index (χ1v) is 8.37. The van der Waals surface area contributed by atoms with Crippen molar-refractivity contribution in [3.63, 3.8) is 0 Å². The monoisotopic (exact) mass is 261 g/mol. The molecule has 2 aliphatic carbocycles. The molecule has 2 rings (SSSR count). The van der Waals surface area contributed by atoms with Gasteiger partial charge in [-0.3, -0.25) is 0 Å². The molecule has 0 amide bonds. The highest BCUT2D eigenvalue weighted by Gasteiger charge is 2.28. The summed E-state index contributed by atoms with van der Waals surface area (Å²) < 4.78 is 26.4. The zero-order valence-corrected chi connectivity index (χ0v) is 11.1. The van der Waals surface area contributed by atoms with Crippen LogP contribution in [0.1, 0.15) is 44.9 Å². The standard InChI is InChI=1S/C12H23NO3S/c14-12-7-3-6-11(12)8-13-17(15,16)9-10-4-1-2-5-10/h10-14H,1-9H2. The van der Waals surface area contributed by atoms with Crippen LogP contribution in [-0.4, -0.2) is 31.9 Å². The largest absolute Gasteiger partial charge is 0.393 e. The lowest BCUT2D eigenvalue weighted by atomic mass is 10.1. The van der Waals surface area contributed by atoms with Crippen molar-refractivity contribution in [2.24, 2.45) is 11.8 Å². The van der Waals surface area contributed by atoms with Gasteiger partial charge in [0.15, 0.2) is 0 Å². The van der Waals surface area contributed by atoms with Crippen molar-refractivity contribution in [2.75, 3.05) is 12.3 Å². The predicted molar refractivity (Wildman–Crippen MR) is 67.1 cm³/mol. The van der Waals surface area contributed by atoms with E-state index in [1.54, 1.807) is 0 Å². The molecule has 2 saturated carbocycles. The van der Waals surface area contributed by atoms with E-state index in [0.29, 0.717) is 12.5 Å². The summed E-state index contributed by atoms with van der Waals surface area (Å²) in [6.45, 7) is 0.413. The first-order valence-electron chi connectivity index (χ1n) is 6.72. The van der Waals surface area contributed by atoms with Crippen molar-refractivity contribution in [3.05, 3.63) is 0 Å². The Morgan fingerprint density at radius 1 is 1.06 bits per heavy atom. The summed E-state index contributed by atoms with van der Waals surface area (Å²) in [6.07, 6.45) is 6.88. The average molecular weight is 261 g/mol. The third-order valence-electron chi connectivity index (χ3n) is 4.11. The molecule has 0 aromatic carbocycles. The molecule has 0 saturated heterocycles. The van der Waals surface area contributed by atoms with E-state index in [0.717, 1.165) is 32.1 Å². The number of aliphatic hydroxyl groups is 1. The van der Waals surface area contributed by atoms with Gasteiger partial charge < -0.3 is 5.11 Å². The molecule has 2 unspecified atom stereocenters. The average Bonchev–Trinajstić information content (AvgIpc) is 2.87. The van der Waals surface area contributed by atoms with E-state index in [2.05, 4.69) is 4.72 Å². The fourth-order valence-corrected chi connectivity index (χ4v) is 4.58. The molecular formula is C12H23NO3S. The van der Waals surface area contributed by atoms with Gasteiger partial charge in [-0.15, -0.1) is 0 Å². The molecule has 0 bridgehead atoms. The van der Waals surface area contributed by atoms with Crippen molar-refractivity contribution in [1.29, 1.82) is 0 Å². The van der Waals surface area contributed by atoms with E-state index in [-0.39, 0.29) is 17.8 Å². The van der Waals surface area contributed by atoms with Crippen molar-refractivity contribution in [2.45, 2.75) is 51.0 Å². The minimum Gasteiger partial charge on any atom is -0.393 e. The summed E-state index contributed by atoms with van der Waals surface area (Å²) in [5.74, 6) is 0.741. The fraction of sp³-hybridized carbons (Fsp3) is 1.00. The molecule has 0 aromatic heterocycles. The maximum Gasteiger partial charge on any atom is 0.211 e. The van der Waals surface area contributed by atoms with Crippen LogP contribution < -0.4 is 4.72 Å². The number of hydrogen-bond donors (Lipinski definition) is 2. The van der Waals surface area contributed by atoms with E-state index >= 15 is 0 Å². The van der Waals surface area contributed by atoms with E-state index in [4.69, 9.17) is 0 Å². The molecule has 17 heavy (non-hydrogen) atoms. The molecule has 5 heteroatoms. The van der Waals surface area contributed by atoms with Crippen LogP contribution in [0.4, 0.5) is 0 Å². The first-order chi connectivity index (χ1) is 8.07. The molecule has 2 fully saturated rings. The molecule has 0 spiro atoms. The first kappa shape index (κ1) is 13.3. The van der Waals surface area contributed by atoms with E-state index in [1.165, 1.54) is 12.8 Å². The number of sulfonamides is 1. The van der Waals surface area contributed by atoms with Crippen LogP contribution in [0, 0.1) is 11.8 Å². The molecule has 2 N–H and O–H groups in total. The molecule has 4 nitrogen and oxygen atoms in total. The van der Waals surface area contributed by atoms with Crippen molar-refractivity contribution < 1.29 is 13.5 Å². The summed E-state index contributed by atoms with van der Waals surface area (Å²) in [4.78, 5) is 0. The van der Waals surface area contributed by atoms with Gasteiger partial charge >= 0.3 is 0 Å². The predicted octanol–water partition coefficient (Wildman–Crippen LogP) is 1.26. The van der Waals surface area contributed by atoms with Crippen LogP contribution in [0.3, 0.4) is 0 Å². The van der Waals surface area contributed by atoms with Crippen LogP contribution in [0.25, 0.3) is 0 Å². The van der Waals surface area contributed by atoms with Gasteiger partial charge in [0.2, 0.25) is 10.0 Å². The van der Waals surface area contributed by atoms with Crippen molar-refractivity contribution >= 4 is 10.0 Å². The highest BCUT2D eigenvalue weighted by atomic mass is 32.2. The Hall–Kier alpha value is -0.130. The highest BCUT2D eigenvalue weighted by molar-refractivity contribution is 7.89. The van der Waals surface area contributed by atoms with Gasteiger partial charge in [-0.2, -0.15) is 0 Å². The topological polar surface area (TPSA) is 66.4 Å². The van der Waals surface area contributed by atoms with E-state index in [9.17, 15) is 13.5 Å². The third-order valence-corrected chi connectivity index (χ3v) is 5.63. The van der Waals surface area contributed by atoms with Gasteiger partial charge in [0.25, 0.3) is 0 Å². The Morgan fingerprint density at radius 2 is 1.76 bits per heavy atom. The minimum atomic E-state index is -3.14. The maximum absolute atomic E-state index is 11.9. The molecule has 0 radical (unpaired) electrons. The van der Waals surface area contributed by atoms with E-state index < -0.39 is 10.0 Å². The number of nitrogens with one attached hydrogen (secondary N) is 1. The SMILES string of the molecule is O=S(=O)(CC1CCCC1)NCC1CCCC1O. The lowest BCUT2D eigenvalue weighted by molar-refractivity contribution is 0.134. The van der Waals surface area contributed by atoms with Gasteiger partial charge in [-0.25, -0.2) is 13.1 Å². The summed E-state index contributed by atoms with van der Waals surface area (Å²) in [7, 11) is -3.14. The van der Waals surface area contributed by atoms with Crippen LogP contribution in [0.2, 0.25) is 0 Å². The Balaban J connectivity index is 1.76. The quantitative estimate of drug-likeness (QED) is 0.783. The zero-order valence-electron chi connectivity index (χ0n) is 10.3. The van der Waals surface area contributed by atoms with Crippen molar-refractivity contribution in [1.82, 2.24) is 4.72 Å². The Labute approximate surface area is 104 Å². The summed E-state index contributed by atoms with van der Waals surface area (Å²) >= 11 is 0. The van der Waals surface area contributed by atoms with Crippen LogP contribution in [0.15, 0.2) is 0 Å². The molecule has 100 valence electrons. The zero-order chi connectivity index (χ0) is 12.3. The maximum atomic E-state index is 11.9. The lowest BCUT2D eigenvalue weighted by Gasteiger charge is -2.16. The molecular weight excluding hydrogens is 238 g/mol. The molecule has 0 aromatic rings. The number of hydrogen-bond acceptors (Lipinski definition) is 3. The summed E-state index contributed by atoms with van der Waals surface area (Å²) in [5, 5.41) is 9.64. The number of aliphatic hydroxyl groups excluding tert-OH is 1. The number of rotatable bonds is 5. The molecule has 2 aliphatic rings. The Kier molecular flexibility index (Phi) is 4.44. The van der Waals surface area contributed by atoms with Crippen LogP contribution in [0.5, 0.6) is 0 Å². The van der Waals surface area contributed by atoms with Crippen LogP contribution >= 0.6 is 0 Å². The van der Waals surface area contributed by atoms with Gasteiger partial charge in [0, 0.05) is 6.54 Å². The lowest BCUT2D eigenvalue weighted by Crippen LogP contribution is -2.35. The Morgan fingerprint density at radius 3 is 2.35 bits per heavy atom. The smallest absolute Gasteiger partial charge is 0.211 e. The van der Waals surface area contributed by atoms with Gasteiger partial charge in [0.1, 0.15) is 0 Å². The summed E-state index contributed by atoms with van der Waals surface area (Å²) in [5.41, 5.74) is 0.